The van der Waals surface area contributed by atoms with Crippen LogP contribution in [0.15, 0.2) is 36.4 Å². The fraction of sp³-hybridized carbons (Fsp3) is 0.238. The van der Waals surface area contributed by atoms with Gasteiger partial charge in [-0.15, -0.1) is 0 Å². The van der Waals surface area contributed by atoms with E-state index in [0.717, 1.165) is 16.9 Å². The quantitative estimate of drug-likeness (QED) is 0.568. The van der Waals surface area contributed by atoms with Crippen molar-refractivity contribution >= 4 is 17.4 Å². The molecule has 0 aliphatic heterocycles. The number of aryl methyl sites for hydroxylation is 4. The molecule has 0 saturated heterocycles. The van der Waals surface area contributed by atoms with Crippen LogP contribution in [0.25, 0.3) is 5.69 Å². The topological polar surface area (TPSA) is 76.9 Å². The zero-order valence-electron chi connectivity index (χ0n) is 16.1. The molecular weight excluding hydrogens is 340 g/mol. The molecule has 1 N–H and O–H groups in total. The third kappa shape index (κ3) is 3.51. The minimum Gasteiger partial charge on any atom is -0.317 e. The Balaban J connectivity index is 1.93. The molecule has 0 atom stereocenters. The number of Topliss-reactive ketones (excluding diaryl/α,β-unsaturated/α-hetero) is 1. The molecule has 27 heavy (non-hydrogen) atoms. The van der Waals surface area contributed by atoms with E-state index >= 15 is 0 Å². The highest BCUT2D eigenvalue weighted by atomic mass is 16.2. The summed E-state index contributed by atoms with van der Waals surface area (Å²) in [5.41, 5.74) is 5.31. The molecule has 0 bridgehead atoms. The van der Waals surface area contributed by atoms with Crippen LogP contribution in [-0.2, 0) is 4.79 Å². The van der Waals surface area contributed by atoms with Gasteiger partial charge in [-0.3, -0.25) is 14.6 Å². The zero-order chi connectivity index (χ0) is 19.7. The first-order valence-corrected chi connectivity index (χ1v) is 8.71. The summed E-state index contributed by atoms with van der Waals surface area (Å²) >= 11 is 0. The third-order valence-electron chi connectivity index (χ3n) is 4.49. The number of hydrogen-bond donors (Lipinski definition) is 1. The van der Waals surface area contributed by atoms with Crippen molar-refractivity contribution in [3.63, 3.8) is 0 Å². The first-order chi connectivity index (χ1) is 12.8. The number of aromatic nitrogens is 3. The summed E-state index contributed by atoms with van der Waals surface area (Å²) in [5, 5.41) is 7.16. The van der Waals surface area contributed by atoms with Gasteiger partial charge in [-0.05, 0) is 58.4 Å². The molecule has 3 rings (SSSR count). The SMILES string of the molecule is Cc1cc(C)c(NC(=O)C(=O)c2c(C)nn(-c3ccccc3)c2C)c(C)n1. The van der Waals surface area contributed by atoms with Crippen LogP contribution in [0.2, 0.25) is 0 Å². The van der Waals surface area contributed by atoms with Crippen molar-refractivity contribution in [2.24, 2.45) is 0 Å². The Bertz CT molecular complexity index is 1010. The Labute approximate surface area is 158 Å². The van der Waals surface area contributed by atoms with E-state index in [1.165, 1.54) is 0 Å². The first kappa shape index (κ1) is 18.5. The van der Waals surface area contributed by atoms with E-state index in [2.05, 4.69) is 15.4 Å². The summed E-state index contributed by atoms with van der Waals surface area (Å²) in [6, 6.07) is 11.4. The molecule has 0 fully saturated rings. The van der Waals surface area contributed by atoms with Gasteiger partial charge in [-0.2, -0.15) is 5.10 Å². The summed E-state index contributed by atoms with van der Waals surface area (Å²) in [6.07, 6.45) is 0. The molecule has 6 heteroatoms. The Morgan fingerprint density at radius 2 is 1.63 bits per heavy atom. The summed E-state index contributed by atoms with van der Waals surface area (Å²) in [4.78, 5) is 29.8. The lowest BCUT2D eigenvalue weighted by Crippen LogP contribution is -2.25. The van der Waals surface area contributed by atoms with Crippen molar-refractivity contribution in [2.45, 2.75) is 34.6 Å². The normalized spacial score (nSPS) is 10.7. The zero-order valence-corrected chi connectivity index (χ0v) is 16.1. The number of nitrogens with one attached hydrogen (secondary N) is 1. The smallest absolute Gasteiger partial charge is 0.296 e. The number of anilines is 1. The Hall–Kier alpha value is -3.28. The molecule has 3 aromatic rings. The van der Waals surface area contributed by atoms with Gasteiger partial charge in [0, 0.05) is 5.69 Å². The maximum absolute atomic E-state index is 12.8. The lowest BCUT2D eigenvalue weighted by molar-refractivity contribution is -0.112. The van der Waals surface area contributed by atoms with Gasteiger partial charge < -0.3 is 5.32 Å². The molecule has 0 radical (unpaired) electrons. The molecule has 6 nitrogen and oxygen atoms in total. The molecular formula is C21H22N4O2. The highest BCUT2D eigenvalue weighted by Crippen LogP contribution is 2.22. The van der Waals surface area contributed by atoms with E-state index in [4.69, 9.17) is 0 Å². The van der Waals surface area contributed by atoms with Gasteiger partial charge in [0.15, 0.2) is 0 Å². The number of carbonyl (C=O) groups is 2. The molecule has 2 heterocycles. The lowest BCUT2D eigenvalue weighted by Gasteiger charge is -2.11. The number of nitrogens with zero attached hydrogens (tertiary/aromatic N) is 3. The second kappa shape index (κ2) is 7.15. The summed E-state index contributed by atoms with van der Waals surface area (Å²) < 4.78 is 1.68. The van der Waals surface area contributed by atoms with E-state index in [-0.39, 0.29) is 0 Å². The highest BCUT2D eigenvalue weighted by Gasteiger charge is 2.26. The van der Waals surface area contributed by atoms with Crippen molar-refractivity contribution in [2.75, 3.05) is 5.32 Å². The molecule has 1 amide bonds. The average molecular weight is 362 g/mol. The number of pyridine rings is 1. The average Bonchev–Trinajstić information content (AvgIpc) is 2.92. The van der Waals surface area contributed by atoms with Crippen LogP contribution in [0.1, 0.15) is 38.7 Å². The molecule has 2 aromatic heterocycles. The van der Waals surface area contributed by atoms with Gasteiger partial charge in [0.05, 0.1) is 34.0 Å². The van der Waals surface area contributed by atoms with Crippen molar-refractivity contribution in [1.29, 1.82) is 0 Å². The number of ketones is 1. The van der Waals surface area contributed by atoms with Crippen LogP contribution >= 0.6 is 0 Å². The van der Waals surface area contributed by atoms with Gasteiger partial charge in [-0.1, -0.05) is 18.2 Å². The van der Waals surface area contributed by atoms with Gasteiger partial charge in [-0.25, -0.2) is 4.68 Å². The van der Waals surface area contributed by atoms with E-state index in [1.807, 2.05) is 57.2 Å². The van der Waals surface area contributed by atoms with Crippen LogP contribution in [0.3, 0.4) is 0 Å². The fourth-order valence-electron chi connectivity index (χ4n) is 3.29. The van der Waals surface area contributed by atoms with Crippen LogP contribution in [0.5, 0.6) is 0 Å². The molecule has 1 aromatic carbocycles. The minimum absolute atomic E-state index is 0.326. The molecule has 0 unspecified atom stereocenters. The minimum atomic E-state index is -0.689. The Morgan fingerprint density at radius 3 is 2.26 bits per heavy atom. The predicted molar refractivity (Wildman–Crippen MR) is 104 cm³/mol. The lowest BCUT2D eigenvalue weighted by atomic mass is 10.1. The molecule has 0 aliphatic carbocycles. The number of hydrogen-bond acceptors (Lipinski definition) is 4. The van der Waals surface area contributed by atoms with Crippen molar-refractivity contribution < 1.29 is 9.59 Å². The van der Waals surface area contributed by atoms with Crippen LogP contribution in [-0.4, -0.2) is 26.5 Å². The third-order valence-corrected chi connectivity index (χ3v) is 4.49. The molecule has 0 aliphatic rings. The number of para-hydroxylation sites is 1. The van der Waals surface area contributed by atoms with Crippen LogP contribution in [0, 0.1) is 34.6 Å². The highest BCUT2D eigenvalue weighted by molar-refractivity contribution is 6.47. The molecule has 0 spiro atoms. The van der Waals surface area contributed by atoms with Gasteiger partial charge in [0.1, 0.15) is 0 Å². The second-order valence-electron chi connectivity index (χ2n) is 6.62. The summed E-state index contributed by atoms with van der Waals surface area (Å²) in [5.74, 6) is -1.29. The van der Waals surface area contributed by atoms with Crippen LogP contribution < -0.4 is 5.32 Å². The maximum atomic E-state index is 12.8. The Morgan fingerprint density at radius 1 is 0.963 bits per heavy atom. The molecule has 138 valence electrons. The number of benzene rings is 1. The van der Waals surface area contributed by atoms with Gasteiger partial charge in [0.2, 0.25) is 0 Å². The fourth-order valence-corrected chi connectivity index (χ4v) is 3.29. The van der Waals surface area contributed by atoms with Gasteiger partial charge >= 0.3 is 0 Å². The van der Waals surface area contributed by atoms with E-state index in [9.17, 15) is 9.59 Å². The number of carbonyl (C=O) groups excluding carboxylic acids is 2. The van der Waals surface area contributed by atoms with E-state index in [1.54, 1.807) is 18.5 Å². The van der Waals surface area contributed by atoms with Gasteiger partial charge in [0.25, 0.3) is 11.7 Å². The van der Waals surface area contributed by atoms with E-state index in [0.29, 0.717) is 28.3 Å². The summed E-state index contributed by atoms with van der Waals surface area (Å²) in [6.45, 7) is 9.10. The van der Waals surface area contributed by atoms with E-state index < -0.39 is 11.7 Å². The first-order valence-electron chi connectivity index (χ1n) is 8.71. The molecule has 0 saturated carbocycles. The largest absolute Gasteiger partial charge is 0.317 e. The number of rotatable bonds is 4. The van der Waals surface area contributed by atoms with Crippen molar-refractivity contribution in [1.82, 2.24) is 14.8 Å². The summed E-state index contributed by atoms with van der Waals surface area (Å²) in [7, 11) is 0. The maximum Gasteiger partial charge on any atom is 0.296 e. The number of amides is 1. The standard InChI is InChI=1S/C21H22N4O2/c1-12-11-13(2)22-15(4)19(12)23-21(27)20(26)18-14(3)24-25(16(18)5)17-9-7-6-8-10-17/h6-11H,1-5H3,(H,23,27). The Kier molecular flexibility index (Phi) is 4.90. The monoisotopic (exact) mass is 362 g/mol. The second-order valence-corrected chi connectivity index (χ2v) is 6.62. The predicted octanol–water partition coefficient (Wildman–Crippen LogP) is 3.63. The van der Waals surface area contributed by atoms with Crippen molar-refractivity contribution in [3.8, 4) is 5.69 Å². The van der Waals surface area contributed by atoms with Crippen LogP contribution in [0.4, 0.5) is 5.69 Å². The van der Waals surface area contributed by atoms with Crippen molar-refractivity contribution in [3.05, 3.63) is 70.3 Å².